The van der Waals surface area contributed by atoms with E-state index < -0.39 is 12.0 Å². The van der Waals surface area contributed by atoms with Crippen LogP contribution in [0.2, 0.25) is 10.0 Å². The fourth-order valence-electron chi connectivity index (χ4n) is 2.10. The number of carbonyl (C=O) groups is 2. The molecule has 0 bridgehead atoms. The van der Waals surface area contributed by atoms with Crippen molar-refractivity contribution in [3.8, 4) is 0 Å². The fourth-order valence-corrected chi connectivity index (χ4v) is 2.56. The first-order valence-electron chi connectivity index (χ1n) is 8.20. The molecule has 9 heteroatoms. The van der Waals surface area contributed by atoms with Crippen molar-refractivity contribution in [2.75, 3.05) is 13.7 Å². The van der Waals surface area contributed by atoms with E-state index in [-0.39, 0.29) is 12.5 Å². The average molecular weight is 420 g/mol. The molecular formula is C17H23Cl2N3O3S. The molecule has 1 rings (SSSR count). The summed E-state index contributed by atoms with van der Waals surface area (Å²) in [4.78, 5) is 23.7. The molecule has 1 amide bonds. The van der Waals surface area contributed by atoms with Gasteiger partial charge in [0, 0.05) is 6.54 Å². The highest BCUT2D eigenvalue weighted by atomic mass is 35.5. The number of amides is 1. The van der Waals surface area contributed by atoms with Crippen LogP contribution in [-0.2, 0) is 20.9 Å². The maximum Gasteiger partial charge on any atom is 0.328 e. The second-order valence-electron chi connectivity index (χ2n) is 5.57. The first-order chi connectivity index (χ1) is 12.4. The predicted octanol–water partition coefficient (Wildman–Crippen LogP) is 2.81. The number of benzene rings is 1. The average Bonchev–Trinajstić information content (AvgIpc) is 2.63. The molecule has 0 spiro atoms. The zero-order valence-electron chi connectivity index (χ0n) is 14.7. The number of hydrogen-bond acceptors (Lipinski definition) is 4. The Morgan fingerprint density at radius 2 is 1.96 bits per heavy atom. The number of carbonyl (C=O) groups excluding carboxylic acids is 2. The van der Waals surface area contributed by atoms with Crippen molar-refractivity contribution >= 4 is 52.4 Å². The van der Waals surface area contributed by atoms with Gasteiger partial charge < -0.3 is 20.7 Å². The molecule has 0 aromatic heterocycles. The molecule has 0 radical (unpaired) electrons. The van der Waals surface area contributed by atoms with Gasteiger partial charge >= 0.3 is 5.97 Å². The van der Waals surface area contributed by atoms with Gasteiger partial charge in [-0.25, -0.2) is 4.79 Å². The third-order valence-electron chi connectivity index (χ3n) is 3.51. The molecule has 1 aromatic carbocycles. The van der Waals surface area contributed by atoms with Crippen molar-refractivity contribution in [1.82, 2.24) is 16.0 Å². The van der Waals surface area contributed by atoms with Crippen molar-refractivity contribution in [3.05, 3.63) is 33.8 Å². The largest absolute Gasteiger partial charge is 0.467 e. The first kappa shape index (κ1) is 22.5. The quantitative estimate of drug-likeness (QED) is 0.421. The summed E-state index contributed by atoms with van der Waals surface area (Å²) >= 11 is 17.0. The number of unbranched alkanes of at least 4 members (excludes halogenated alkanes) is 1. The van der Waals surface area contributed by atoms with Crippen molar-refractivity contribution in [2.24, 2.45) is 0 Å². The highest BCUT2D eigenvalue weighted by Gasteiger charge is 2.20. The summed E-state index contributed by atoms with van der Waals surface area (Å²) in [6.45, 7) is 2.40. The van der Waals surface area contributed by atoms with Crippen molar-refractivity contribution in [2.45, 2.75) is 38.8 Å². The molecule has 1 atom stereocenters. The highest BCUT2D eigenvalue weighted by Crippen LogP contribution is 2.22. The molecule has 6 nitrogen and oxygen atoms in total. The lowest BCUT2D eigenvalue weighted by atomic mass is 10.1. The Balaban J connectivity index is 2.39. The van der Waals surface area contributed by atoms with Gasteiger partial charge in [0.15, 0.2) is 5.11 Å². The summed E-state index contributed by atoms with van der Waals surface area (Å²) in [5, 5.41) is 9.67. The van der Waals surface area contributed by atoms with E-state index >= 15 is 0 Å². The van der Waals surface area contributed by atoms with Crippen LogP contribution in [0.5, 0.6) is 0 Å². The van der Waals surface area contributed by atoms with Crippen molar-refractivity contribution in [3.63, 3.8) is 0 Å². The van der Waals surface area contributed by atoms with Crippen LogP contribution < -0.4 is 16.0 Å². The number of rotatable bonds is 9. The lowest BCUT2D eigenvalue weighted by Gasteiger charge is -2.17. The van der Waals surface area contributed by atoms with Gasteiger partial charge in [-0.05, 0) is 36.3 Å². The molecule has 0 aliphatic rings. The second kappa shape index (κ2) is 11.9. The number of nitrogens with one attached hydrogen (secondary N) is 3. The molecule has 3 N–H and O–H groups in total. The number of ether oxygens (including phenoxy) is 1. The van der Waals surface area contributed by atoms with E-state index in [4.69, 9.17) is 40.2 Å². The maximum atomic E-state index is 12.0. The Morgan fingerprint density at radius 1 is 1.23 bits per heavy atom. The van der Waals surface area contributed by atoms with Gasteiger partial charge in [-0.15, -0.1) is 0 Å². The fraction of sp³-hybridized carbons (Fsp3) is 0.471. The van der Waals surface area contributed by atoms with Crippen molar-refractivity contribution < 1.29 is 14.3 Å². The SMILES string of the molecule is CCCCC(NC(=O)CNC(=S)NCc1ccc(Cl)c(Cl)c1)C(=O)OC. The first-order valence-corrected chi connectivity index (χ1v) is 9.36. The third kappa shape index (κ3) is 8.21. The van der Waals surface area contributed by atoms with E-state index in [1.54, 1.807) is 12.1 Å². The molecule has 0 saturated carbocycles. The summed E-state index contributed by atoms with van der Waals surface area (Å²) in [7, 11) is 1.30. The zero-order chi connectivity index (χ0) is 19.5. The number of halogens is 2. The van der Waals surface area contributed by atoms with Gasteiger partial charge in [-0.3, -0.25) is 4.79 Å². The molecule has 1 aromatic rings. The smallest absolute Gasteiger partial charge is 0.328 e. The number of thiocarbonyl (C=S) groups is 1. The minimum absolute atomic E-state index is 0.0488. The number of esters is 1. The van der Waals surface area contributed by atoms with E-state index in [0.29, 0.717) is 28.1 Å². The molecule has 1 unspecified atom stereocenters. The van der Waals surface area contributed by atoms with Crippen LogP contribution in [0.1, 0.15) is 31.7 Å². The summed E-state index contributed by atoms with van der Waals surface area (Å²) in [6.07, 6.45) is 2.27. The van der Waals surface area contributed by atoms with E-state index in [1.807, 2.05) is 13.0 Å². The molecule has 0 aliphatic heterocycles. The Kier molecular flexibility index (Phi) is 10.3. The number of hydrogen-bond donors (Lipinski definition) is 3. The third-order valence-corrected chi connectivity index (χ3v) is 4.54. The highest BCUT2D eigenvalue weighted by molar-refractivity contribution is 7.80. The van der Waals surface area contributed by atoms with Crippen LogP contribution in [0.25, 0.3) is 0 Å². The summed E-state index contributed by atoms with van der Waals surface area (Å²) in [6, 6.07) is 4.62. The molecule has 0 saturated heterocycles. The minimum Gasteiger partial charge on any atom is -0.467 e. The molecule has 0 fully saturated rings. The molecule has 0 aliphatic carbocycles. The van der Waals surface area contributed by atoms with Gasteiger partial charge in [0.25, 0.3) is 0 Å². The van der Waals surface area contributed by atoms with E-state index in [9.17, 15) is 9.59 Å². The molecule has 26 heavy (non-hydrogen) atoms. The molecule has 144 valence electrons. The topological polar surface area (TPSA) is 79.5 Å². The van der Waals surface area contributed by atoms with Crippen LogP contribution >= 0.6 is 35.4 Å². The van der Waals surface area contributed by atoms with Gasteiger partial charge in [0.05, 0.1) is 23.7 Å². The standard InChI is InChI=1S/C17H23Cl2N3O3S/c1-3-4-5-14(16(24)25-2)22-15(23)10-21-17(26)20-9-11-6-7-12(18)13(19)8-11/h6-8,14H,3-5,9-10H2,1-2H3,(H,22,23)(H2,20,21,26). The lowest BCUT2D eigenvalue weighted by Crippen LogP contribution is -2.47. The van der Waals surface area contributed by atoms with Crippen LogP contribution in [0.15, 0.2) is 18.2 Å². The van der Waals surface area contributed by atoms with Gasteiger partial charge in [0.2, 0.25) is 5.91 Å². The summed E-state index contributed by atoms with van der Waals surface area (Å²) < 4.78 is 4.71. The maximum absolute atomic E-state index is 12.0. The summed E-state index contributed by atoms with van der Waals surface area (Å²) in [5.74, 6) is -0.790. The van der Waals surface area contributed by atoms with Crippen LogP contribution in [0.3, 0.4) is 0 Å². The Morgan fingerprint density at radius 3 is 2.58 bits per heavy atom. The lowest BCUT2D eigenvalue weighted by molar-refractivity contribution is -0.145. The normalized spacial score (nSPS) is 11.4. The Hall–Kier alpha value is -1.57. The minimum atomic E-state index is -0.646. The van der Waals surface area contributed by atoms with Crippen LogP contribution in [0.4, 0.5) is 0 Å². The van der Waals surface area contributed by atoms with E-state index in [1.165, 1.54) is 7.11 Å². The van der Waals surface area contributed by atoms with Gasteiger partial charge in [-0.1, -0.05) is 49.0 Å². The Labute approximate surface area is 168 Å². The monoisotopic (exact) mass is 419 g/mol. The van der Waals surface area contributed by atoms with Crippen molar-refractivity contribution in [1.29, 1.82) is 0 Å². The van der Waals surface area contributed by atoms with Gasteiger partial charge in [0.1, 0.15) is 6.04 Å². The van der Waals surface area contributed by atoms with Crippen LogP contribution in [-0.4, -0.2) is 36.7 Å². The number of methoxy groups -OCH3 is 1. The van der Waals surface area contributed by atoms with Gasteiger partial charge in [-0.2, -0.15) is 0 Å². The van der Waals surface area contributed by atoms with E-state index in [2.05, 4.69) is 16.0 Å². The molecule has 0 heterocycles. The van der Waals surface area contributed by atoms with Crippen LogP contribution in [0, 0.1) is 0 Å². The van der Waals surface area contributed by atoms with E-state index in [0.717, 1.165) is 18.4 Å². The molecular weight excluding hydrogens is 397 g/mol. The predicted molar refractivity (Wildman–Crippen MR) is 107 cm³/mol. The second-order valence-corrected chi connectivity index (χ2v) is 6.79. The summed E-state index contributed by atoms with van der Waals surface area (Å²) in [5.41, 5.74) is 0.901. The zero-order valence-corrected chi connectivity index (χ0v) is 17.1. The Bertz CT molecular complexity index is 644.